The van der Waals surface area contributed by atoms with Crippen molar-refractivity contribution in [3.8, 4) is 16.5 Å². The van der Waals surface area contributed by atoms with Gasteiger partial charge in [-0.25, -0.2) is 9.48 Å². The highest BCUT2D eigenvalue weighted by atomic mass is 35.5. The fourth-order valence-corrected chi connectivity index (χ4v) is 5.73. The summed E-state index contributed by atoms with van der Waals surface area (Å²) in [5.74, 6) is 0.598. The second-order valence-electron chi connectivity index (χ2n) is 9.75. The molecular weight excluding hydrogens is 516 g/mol. The molecule has 5 heterocycles. The highest BCUT2D eigenvalue weighted by Gasteiger charge is 2.27. The number of hydrogen-bond acceptors (Lipinski definition) is 8. The minimum absolute atomic E-state index is 0.0419. The largest absolute Gasteiger partial charge is 0.414 e. The van der Waals surface area contributed by atoms with Crippen LogP contribution in [0, 0.1) is 0 Å². The average Bonchev–Trinajstić information content (AvgIpc) is 3.68. The summed E-state index contributed by atoms with van der Waals surface area (Å²) in [5.41, 5.74) is 0.817. The van der Waals surface area contributed by atoms with Crippen molar-refractivity contribution in [1.29, 1.82) is 0 Å². The number of thiophene rings is 1. The fourth-order valence-electron chi connectivity index (χ4n) is 4.74. The van der Waals surface area contributed by atoms with E-state index in [0.717, 1.165) is 43.6 Å². The molecule has 37 heavy (non-hydrogen) atoms. The van der Waals surface area contributed by atoms with Gasteiger partial charge in [-0.2, -0.15) is 5.10 Å². The third-order valence-electron chi connectivity index (χ3n) is 6.82. The normalized spacial score (nSPS) is 17.0. The van der Waals surface area contributed by atoms with Crippen LogP contribution in [0.3, 0.4) is 0 Å². The number of rotatable bonds is 7. The summed E-state index contributed by atoms with van der Waals surface area (Å²) in [5, 5.41) is 11.6. The van der Waals surface area contributed by atoms with Crippen molar-refractivity contribution in [1.82, 2.24) is 30.1 Å². The fraction of sp³-hybridized carbons (Fsp3) is 0.520. The number of nitrogens with zero attached hydrogens (tertiary/aromatic N) is 5. The number of ether oxygens (including phenoxy) is 1. The maximum absolute atomic E-state index is 13.0. The molecule has 5 rings (SSSR count). The number of likely N-dealkylation sites (tertiary alicyclic amines) is 2. The molecule has 2 saturated heterocycles. The molecule has 198 valence electrons. The SMILES string of the molecule is CC(C)N1CCC(NC(=O)Oc2cc(C(=O)N3CCCC3)nn2Cc2cc(-c3ccc(Cl)s3)on2)CC1. The Morgan fingerprint density at radius 1 is 1.19 bits per heavy atom. The van der Waals surface area contributed by atoms with E-state index in [1.54, 1.807) is 17.0 Å². The van der Waals surface area contributed by atoms with Gasteiger partial charge in [0.05, 0.1) is 15.8 Å². The third kappa shape index (κ3) is 6.16. The molecular formula is C25H31ClN6O4S. The van der Waals surface area contributed by atoms with Crippen molar-refractivity contribution < 1.29 is 18.8 Å². The lowest BCUT2D eigenvalue weighted by atomic mass is 10.0. The van der Waals surface area contributed by atoms with Gasteiger partial charge >= 0.3 is 6.09 Å². The molecule has 0 spiro atoms. The van der Waals surface area contributed by atoms with Crippen LogP contribution < -0.4 is 10.1 Å². The van der Waals surface area contributed by atoms with Crippen LogP contribution in [0.1, 0.15) is 55.7 Å². The molecule has 10 nitrogen and oxygen atoms in total. The molecule has 0 atom stereocenters. The first-order chi connectivity index (χ1) is 17.9. The minimum Gasteiger partial charge on any atom is -0.391 e. The smallest absolute Gasteiger partial charge is 0.391 e. The molecule has 0 saturated carbocycles. The zero-order valence-electron chi connectivity index (χ0n) is 21.0. The monoisotopic (exact) mass is 546 g/mol. The van der Waals surface area contributed by atoms with Crippen LogP contribution in [0.2, 0.25) is 4.34 Å². The highest BCUT2D eigenvalue weighted by Crippen LogP contribution is 2.31. The van der Waals surface area contributed by atoms with Crippen molar-refractivity contribution in [3.05, 3.63) is 40.0 Å². The van der Waals surface area contributed by atoms with E-state index >= 15 is 0 Å². The number of piperidine rings is 1. The summed E-state index contributed by atoms with van der Waals surface area (Å²) < 4.78 is 13.3. The van der Waals surface area contributed by atoms with E-state index in [1.165, 1.54) is 22.1 Å². The molecule has 0 bridgehead atoms. The van der Waals surface area contributed by atoms with Crippen LogP contribution in [0.4, 0.5) is 4.79 Å². The van der Waals surface area contributed by atoms with E-state index in [0.29, 0.717) is 34.9 Å². The van der Waals surface area contributed by atoms with Gasteiger partial charge in [-0.3, -0.25) is 4.79 Å². The molecule has 2 aliphatic heterocycles. The third-order valence-corrected chi connectivity index (χ3v) is 8.07. The number of aromatic nitrogens is 3. The van der Waals surface area contributed by atoms with Crippen LogP contribution >= 0.6 is 22.9 Å². The Kier molecular flexibility index (Phi) is 7.82. The number of amides is 2. The zero-order chi connectivity index (χ0) is 25.9. The number of hydrogen-bond donors (Lipinski definition) is 1. The van der Waals surface area contributed by atoms with Gasteiger partial charge in [0.2, 0.25) is 5.88 Å². The molecule has 0 aliphatic carbocycles. The van der Waals surface area contributed by atoms with Crippen LogP contribution in [0.25, 0.3) is 10.6 Å². The van der Waals surface area contributed by atoms with E-state index in [-0.39, 0.29) is 30.1 Å². The quantitative estimate of drug-likeness (QED) is 0.465. The van der Waals surface area contributed by atoms with Gasteiger partial charge in [-0.1, -0.05) is 16.8 Å². The Bertz CT molecular complexity index is 1240. The Hall–Kier alpha value is -2.89. The molecule has 3 aromatic heterocycles. The first-order valence-corrected chi connectivity index (χ1v) is 13.9. The van der Waals surface area contributed by atoms with Gasteiger partial charge in [0.15, 0.2) is 11.5 Å². The molecule has 2 fully saturated rings. The number of halogens is 1. The number of carbonyl (C=O) groups excluding carboxylic acids is 2. The number of carbonyl (C=O) groups is 2. The maximum Gasteiger partial charge on any atom is 0.414 e. The summed E-state index contributed by atoms with van der Waals surface area (Å²) in [6.07, 6.45) is 3.11. The summed E-state index contributed by atoms with van der Waals surface area (Å²) >= 11 is 7.43. The molecule has 2 aliphatic rings. The van der Waals surface area contributed by atoms with E-state index in [2.05, 4.69) is 34.3 Å². The first-order valence-electron chi connectivity index (χ1n) is 12.7. The minimum atomic E-state index is -0.557. The number of nitrogens with one attached hydrogen (secondary N) is 1. The van der Waals surface area contributed by atoms with E-state index in [4.69, 9.17) is 20.9 Å². The lowest BCUT2D eigenvalue weighted by Crippen LogP contribution is -2.47. The van der Waals surface area contributed by atoms with Crippen LogP contribution in [0.15, 0.2) is 28.8 Å². The first kappa shape index (κ1) is 25.7. The van der Waals surface area contributed by atoms with Crippen molar-refractivity contribution in [2.45, 2.75) is 58.2 Å². The Labute approximate surface area is 224 Å². The predicted octanol–water partition coefficient (Wildman–Crippen LogP) is 4.50. The lowest BCUT2D eigenvalue weighted by molar-refractivity contribution is 0.0786. The lowest BCUT2D eigenvalue weighted by Gasteiger charge is -2.34. The van der Waals surface area contributed by atoms with Gasteiger partial charge < -0.3 is 24.4 Å². The maximum atomic E-state index is 13.0. The van der Waals surface area contributed by atoms with Gasteiger partial charge in [-0.15, -0.1) is 11.3 Å². The molecule has 1 N–H and O–H groups in total. The summed E-state index contributed by atoms with van der Waals surface area (Å²) in [7, 11) is 0. The standard InChI is InChI=1S/C25H31ClN6O4S/c1-16(2)30-11-7-17(8-12-30)27-25(34)35-23-14-19(24(33)31-9-3-4-10-31)28-32(23)15-18-13-20(36-29-18)21-5-6-22(26)37-21/h5-6,13-14,16-17H,3-4,7-12,15H2,1-2H3,(H,27,34). The van der Waals surface area contributed by atoms with Crippen LogP contribution in [-0.4, -0.2) is 75.0 Å². The second kappa shape index (κ2) is 11.2. The second-order valence-corrected chi connectivity index (χ2v) is 11.5. The van der Waals surface area contributed by atoms with Gasteiger partial charge in [0, 0.05) is 50.4 Å². The summed E-state index contributed by atoms with van der Waals surface area (Å²) in [6, 6.07) is 7.51. The van der Waals surface area contributed by atoms with Gasteiger partial charge in [0.25, 0.3) is 5.91 Å². The van der Waals surface area contributed by atoms with Crippen LogP contribution in [-0.2, 0) is 6.54 Å². The molecule has 0 radical (unpaired) electrons. The van der Waals surface area contributed by atoms with Crippen molar-refractivity contribution >= 4 is 34.9 Å². The molecule has 3 aromatic rings. The zero-order valence-corrected chi connectivity index (χ0v) is 22.6. The van der Waals surface area contributed by atoms with Crippen molar-refractivity contribution in [2.75, 3.05) is 26.2 Å². The molecule has 0 aromatic carbocycles. The Balaban J connectivity index is 1.30. The average molecular weight is 547 g/mol. The van der Waals surface area contributed by atoms with E-state index in [9.17, 15) is 9.59 Å². The van der Waals surface area contributed by atoms with Crippen molar-refractivity contribution in [3.63, 3.8) is 0 Å². The topological polar surface area (TPSA) is 106 Å². The summed E-state index contributed by atoms with van der Waals surface area (Å²) in [6.45, 7) is 7.79. The van der Waals surface area contributed by atoms with E-state index in [1.807, 2.05) is 6.07 Å². The Morgan fingerprint density at radius 3 is 2.62 bits per heavy atom. The van der Waals surface area contributed by atoms with Gasteiger partial charge in [0.1, 0.15) is 5.69 Å². The Morgan fingerprint density at radius 2 is 1.95 bits per heavy atom. The molecule has 12 heteroatoms. The van der Waals surface area contributed by atoms with Crippen molar-refractivity contribution in [2.24, 2.45) is 0 Å². The molecule has 2 amide bonds. The molecule has 0 unspecified atom stereocenters. The predicted molar refractivity (Wildman–Crippen MR) is 140 cm³/mol. The van der Waals surface area contributed by atoms with Crippen LogP contribution in [0.5, 0.6) is 5.88 Å². The highest BCUT2D eigenvalue weighted by molar-refractivity contribution is 7.19. The van der Waals surface area contributed by atoms with Gasteiger partial charge in [-0.05, 0) is 51.7 Å². The summed E-state index contributed by atoms with van der Waals surface area (Å²) in [4.78, 5) is 30.8. The van der Waals surface area contributed by atoms with E-state index < -0.39 is 6.09 Å².